The van der Waals surface area contributed by atoms with Crippen molar-refractivity contribution in [1.82, 2.24) is 9.55 Å². The second kappa shape index (κ2) is 6.43. The molecule has 1 aromatic rings. The van der Waals surface area contributed by atoms with Gasteiger partial charge in [-0.15, -0.1) is 0 Å². The van der Waals surface area contributed by atoms with Gasteiger partial charge in [0.2, 0.25) is 0 Å². The zero-order chi connectivity index (χ0) is 14.7. The highest BCUT2D eigenvalue weighted by Gasteiger charge is 2.33. The number of carboxylic acid groups (broad SMARTS) is 1. The monoisotopic (exact) mass is 296 g/mol. The van der Waals surface area contributed by atoms with E-state index in [0.717, 1.165) is 24.6 Å². The van der Waals surface area contributed by atoms with Crippen LogP contribution in [-0.4, -0.2) is 26.4 Å². The largest absolute Gasteiger partial charge is 0.481 e. The van der Waals surface area contributed by atoms with E-state index in [2.05, 4.69) is 18.8 Å². The Kier molecular flexibility index (Phi) is 4.86. The molecule has 0 radical (unpaired) electrons. The number of nitrogens with zero attached hydrogens (tertiary/aromatic N) is 2. The maximum atomic E-state index is 11.4. The van der Waals surface area contributed by atoms with Crippen molar-refractivity contribution in [2.75, 3.05) is 5.75 Å². The van der Waals surface area contributed by atoms with E-state index in [1.54, 1.807) is 6.20 Å². The first-order chi connectivity index (χ1) is 9.52. The maximum Gasteiger partial charge on any atom is 0.313 e. The number of thioether (sulfide) groups is 1. The van der Waals surface area contributed by atoms with Crippen LogP contribution in [0.1, 0.15) is 39.2 Å². The Labute approximate surface area is 122 Å². The minimum atomic E-state index is -0.898. The van der Waals surface area contributed by atoms with Gasteiger partial charge in [0.15, 0.2) is 5.16 Å². The molecule has 1 N–H and O–H groups in total. The van der Waals surface area contributed by atoms with Crippen molar-refractivity contribution >= 4 is 17.7 Å². The molecule has 1 saturated carbocycles. The first kappa shape index (κ1) is 15.1. The lowest BCUT2D eigenvalue weighted by Crippen LogP contribution is -2.21. The van der Waals surface area contributed by atoms with E-state index in [9.17, 15) is 9.59 Å². The molecule has 1 aliphatic carbocycles. The van der Waals surface area contributed by atoms with Gasteiger partial charge < -0.3 is 9.67 Å². The van der Waals surface area contributed by atoms with Gasteiger partial charge in [-0.2, -0.15) is 4.98 Å². The summed E-state index contributed by atoms with van der Waals surface area (Å²) in [5.74, 6) is 0.241. The Morgan fingerprint density at radius 3 is 2.90 bits per heavy atom. The van der Waals surface area contributed by atoms with Gasteiger partial charge >= 0.3 is 5.97 Å². The highest BCUT2D eigenvalue weighted by Crippen LogP contribution is 2.42. The molecule has 3 atom stereocenters. The molecule has 5 nitrogen and oxygen atoms in total. The smallest absolute Gasteiger partial charge is 0.313 e. The van der Waals surface area contributed by atoms with Crippen LogP contribution in [0.3, 0.4) is 0 Å². The second-order valence-corrected chi connectivity index (χ2v) is 6.25. The average molecular weight is 296 g/mol. The quantitative estimate of drug-likeness (QED) is 0.667. The van der Waals surface area contributed by atoms with E-state index in [-0.39, 0.29) is 11.3 Å². The minimum absolute atomic E-state index is 0.0746. The highest BCUT2D eigenvalue weighted by atomic mass is 32.2. The summed E-state index contributed by atoms with van der Waals surface area (Å²) in [5, 5.41) is 9.32. The number of hydrogen-bond donors (Lipinski definition) is 1. The summed E-state index contributed by atoms with van der Waals surface area (Å²) in [6.45, 7) is 4.43. The Morgan fingerprint density at radius 1 is 1.55 bits per heavy atom. The minimum Gasteiger partial charge on any atom is -0.481 e. The van der Waals surface area contributed by atoms with Crippen LogP contribution < -0.4 is 5.56 Å². The maximum absolute atomic E-state index is 11.4. The molecular weight excluding hydrogens is 276 g/mol. The summed E-state index contributed by atoms with van der Waals surface area (Å²) in [5.41, 5.74) is -0.313. The van der Waals surface area contributed by atoms with Gasteiger partial charge in [-0.1, -0.05) is 32.0 Å². The fourth-order valence-corrected chi connectivity index (χ4v) is 3.83. The van der Waals surface area contributed by atoms with Gasteiger partial charge in [0.1, 0.15) is 0 Å². The van der Waals surface area contributed by atoms with Gasteiger partial charge in [0.25, 0.3) is 5.56 Å². The number of aromatic nitrogens is 2. The summed E-state index contributed by atoms with van der Waals surface area (Å²) in [6.07, 6.45) is 5.16. The van der Waals surface area contributed by atoms with Crippen molar-refractivity contribution in [2.45, 2.75) is 44.3 Å². The first-order valence-corrected chi connectivity index (χ1v) is 7.95. The molecule has 0 aliphatic heterocycles. The third-order valence-corrected chi connectivity index (χ3v) is 5.15. The molecule has 0 aromatic carbocycles. The predicted molar refractivity (Wildman–Crippen MR) is 78.1 cm³/mol. The summed E-state index contributed by atoms with van der Waals surface area (Å²) in [7, 11) is 0. The summed E-state index contributed by atoms with van der Waals surface area (Å²) < 4.78 is 2.00. The number of hydrogen-bond acceptors (Lipinski definition) is 4. The Bertz CT molecular complexity index is 543. The van der Waals surface area contributed by atoms with Gasteiger partial charge in [-0.05, 0) is 24.7 Å². The fourth-order valence-electron chi connectivity index (χ4n) is 3.08. The van der Waals surface area contributed by atoms with Crippen molar-refractivity contribution < 1.29 is 9.90 Å². The summed E-state index contributed by atoms with van der Waals surface area (Å²) in [6, 6.07) is 1.76. The number of carbonyl (C=O) groups is 1. The average Bonchev–Trinajstić information content (AvgIpc) is 2.77. The molecule has 1 aromatic heterocycles. The highest BCUT2D eigenvalue weighted by molar-refractivity contribution is 7.99. The zero-order valence-corrected chi connectivity index (χ0v) is 12.6. The van der Waals surface area contributed by atoms with Crippen molar-refractivity contribution in [2.24, 2.45) is 11.8 Å². The zero-order valence-electron chi connectivity index (χ0n) is 11.8. The molecule has 1 heterocycles. The van der Waals surface area contributed by atoms with Crippen LogP contribution in [0.2, 0.25) is 0 Å². The van der Waals surface area contributed by atoms with Gasteiger partial charge in [0.05, 0.1) is 5.75 Å². The van der Waals surface area contributed by atoms with E-state index < -0.39 is 5.97 Å². The predicted octanol–water partition coefficient (Wildman–Crippen LogP) is 2.42. The molecule has 20 heavy (non-hydrogen) atoms. The van der Waals surface area contributed by atoms with Gasteiger partial charge in [-0.3, -0.25) is 9.59 Å². The van der Waals surface area contributed by atoms with Crippen LogP contribution >= 0.6 is 11.8 Å². The lowest BCUT2D eigenvalue weighted by molar-refractivity contribution is -0.133. The van der Waals surface area contributed by atoms with Gasteiger partial charge in [-0.25, -0.2) is 0 Å². The van der Waals surface area contributed by atoms with Crippen molar-refractivity contribution in [3.8, 4) is 0 Å². The van der Waals surface area contributed by atoms with E-state index >= 15 is 0 Å². The van der Waals surface area contributed by atoms with E-state index in [1.165, 1.54) is 12.5 Å². The van der Waals surface area contributed by atoms with Crippen LogP contribution in [0.25, 0.3) is 0 Å². The summed E-state index contributed by atoms with van der Waals surface area (Å²) >= 11 is 1.12. The fraction of sp³-hybridized carbons (Fsp3) is 0.643. The van der Waals surface area contributed by atoms with E-state index in [1.807, 2.05) is 4.57 Å². The number of aliphatic carboxylic acids is 1. The van der Waals surface area contributed by atoms with Crippen molar-refractivity contribution in [3.05, 3.63) is 22.6 Å². The van der Waals surface area contributed by atoms with Crippen LogP contribution in [0.5, 0.6) is 0 Å². The Hall–Kier alpha value is -1.30. The number of carboxylic acids is 1. The third-order valence-electron chi connectivity index (χ3n) is 4.19. The Balaban J connectivity index is 2.26. The molecule has 0 amide bonds. The van der Waals surface area contributed by atoms with Crippen LogP contribution in [0, 0.1) is 11.8 Å². The molecule has 110 valence electrons. The molecule has 6 heteroatoms. The summed E-state index contributed by atoms with van der Waals surface area (Å²) in [4.78, 5) is 26.1. The van der Waals surface area contributed by atoms with E-state index in [0.29, 0.717) is 23.0 Å². The SMILES string of the molecule is CCC1CCC(n2ccc(=O)nc2SCC(=O)O)C1C. The van der Waals surface area contributed by atoms with Crippen molar-refractivity contribution in [3.63, 3.8) is 0 Å². The van der Waals surface area contributed by atoms with E-state index in [4.69, 9.17) is 5.11 Å². The molecule has 1 fully saturated rings. The van der Waals surface area contributed by atoms with Crippen LogP contribution in [-0.2, 0) is 4.79 Å². The molecule has 2 rings (SSSR count). The van der Waals surface area contributed by atoms with Crippen LogP contribution in [0.15, 0.2) is 22.2 Å². The Morgan fingerprint density at radius 2 is 2.30 bits per heavy atom. The third kappa shape index (κ3) is 3.23. The topological polar surface area (TPSA) is 72.2 Å². The molecule has 0 saturated heterocycles. The van der Waals surface area contributed by atoms with Crippen LogP contribution in [0.4, 0.5) is 0 Å². The second-order valence-electron chi connectivity index (χ2n) is 5.31. The first-order valence-electron chi connectivity index (χ1n) is 6.96. The lowest BCUT2D eigenvalue weighted by atomic mass is 9.93. The number of rotatable bonds is 5. The molecule has 0 bridgehead atoms. The standard InChI is InChI=1S/C14H20N2O3S/c1-3-10-4-5-11(9(10)2)16-7-6-12(17)15-14(16)20-8-13(18)19/h6-7,9-11H,3-5,8H2,1-2H3,(H,18,19). The van der Waals surface area contributed by atoms with Crippen molar-refractivity contribution in [1.29, 1.82) is 0 Å². The molecule has 0 spiro atoms. The normalized spacial score (nSPS) is 25.8. The lowest BCUT2D eigenvalue weighted by Gasteiger charge is -2.24. The molecule has 1 aliphatic rings. The van der Waals surface area contributed by atoms with Gasteiger partial charge in [0, 0.05) is 18.3 Å². The molecular formula is C14H20N2O3S. The molecule has 3 unspecified atom stereocenters.